The summed E-state index contributed by atoms with van der Waals surface area (Å²) in [6.45, 7) is 5.75. The molecular weight excluding hydrogens is 286 g/mol. The van der Waals surface area contributed by atoms with E-state index in [0.29, 0.717) is 37.3 Å². The second-order valence-corrected chi connectivity index (χ2v) is 8.96. The molecule has 3 rings (SSSR count). The van der Waals surface area contributed by atoms with Crippen molar-refractivity contribution in [3.05, 3.63) is 0 Å². The van der Waals surface area contributed by atoms with Crippen molar-refractivity contribution in [1.82, 2.24) is 14.5 Å². The van der Waals surface area contributed by atoms with Crippen LogP contribution in [0, 0.1) is 0 Å². The van der Waals surface area contributed by atoms with Crippen LogP contribution in [0.1, 0.15) is 45.4 Å². The van der Waals surface area contributed by atoms with Crippen LogP contribution in [0.3, 0.4) is 0 Å². The number of nitrogens with one attached hydrogen (secondary N) is 1. The van der Waals surface area contributed by atoms with Crippen LogP contribution < -0.4 is 5.32 Å². The molecule has 2 aliphatic heterocycles. The first kappa shape index (κ1) is 15.7. The number of hydrogen-bond acceptors (Lipinski definition) is 4. The van der Waals surface area contributed by atoms with Gasteiger partial charge in [-0.2, -0.15) is 0 Å². The molecule has 0 amide bonds. The molecule has 2 heterocycles. The van der Waals surface area contributed by atoms with Crippen molar-refractivity contribution < 1.29 is 8.42 Å². The number of rotatable bonds is 6. The van der Waals surface area contributed by atoms with Gasteiger partial charge in [-0.25, -0.2) is 12.7 Å². The zero-order chi connectivity index (χ0) is 14.9. The van der Waals surface area contributed by atoms with Crippen molar-refractivity contribution in [3.8, 4) is 0 Å². The van der Waals surface area contributed by atoms with Crippen molar-refractivity contribution in [1.29, 1.82) is 0 Å². The molecule has 0 radical (unpaired) electrons. The molecule has 0 aromatic heterocycles. The normalized spacial score (nSPS) is 30.0. The standard InChI is InChI=1S/C15H29N3O2S/c1-2-11-21(19,20)18-9-6-13(7-10-18)16-14-5-8-17(12-14)15-3-4-15/h13-16H,2-12H2,1H3. The summed E-state index contributed by atoms with van der Waals surface area (Å²) in [5.74, 6) is 0.296. The molecule has 0 spiro atoms. The Hall–Kier alpha value is -0.170. The van der Waals surface area contributed by atoms with Crippen LogP contribution in [0.4, 0.5) is 0 Å². The van der Waals surface area contributed by atoms with Crippen LogP contribution in [0.15, 0.2) is 0 Å². The molecule has 0 aromatic rings. The SMILES string of the molecule is CCCS(=O)(=O)N1CCC(NC2CCN(C3CC3)C2)CC1. The van der Waals surface area contributed by atoms with Crippen molar-refractivity contribution in [2.24, 2.45) is 0 Å². The lowest BCUT2D eigenvalue weighted by molar-refractivity contribution is 0.264. The average molecular weight is 315 g/mol. The summed E-state index contributed by atoms with van der Waals surface area (Å²) < 4.78 is 25.8. The lowest BCUT2D eigenvalue weighted by Gasteiger charge is -2.33. The summed E-state index contributed by atoms with van der Waals surface area (Å²) in [6, 6.07) is 1.99. The van der Waals surface area contributed by atoms with Crippen LogP contribution in [-0.4, -0.2) is 67.7 Å². The first-order valence-electron chi connectivity index (χ1n) is 8.56. The molecule has 1 atom stereocenters. The highest BCUT2D eigenvalue weighted by molar-refractivity contribution is 7.89. The van der Waals surface area contributed by atoms with Gasteiger partial charge >= 0.3 is 0 Å². The van der Waals surface area contributed by atoms with Gasteiger partial charge in [-0.05, 0) is 38.5 Å². The summed E-state index contributed by atoms with van der Waals surface area (Å²) >= 11 is 0. The number of likely N-dealkylation sites (tertiary alicyclic amines) is 1. The second kappa shape index (κ2) is 6.52. The van der Waals surface area contributed by atoms with E-state index in [0.717, 1.165) is 18.9 Å². The molecule has 3 fully saturated rings. The highest BCUT2D eigenvalue weighted by Crippen LogP contribution is 2.30. The Morgan fingerprint density at radius 3 is 2.29 bits per heavy atom. The number of sulfonamides is 1. The van der Waals surface area contributed by atoms with Gasteiger partial charge in [-0.1, -0.05) is 6.92 Å². The molecule has 1 aliphatic carbocycles. The first-order chi connectivity index (χ1) is 10.1. The van der Waals surface area contributed by atoms with Gasteiger partial charge in [0.15, 0.2) is 0 Å². The molecular formula is C15H29N3O2S. The third kappa shape index (κ3) is 3.97. The highest BCUT2D eigenvalue weighted by Gasteiger charge is 2.35. The molecule has 1 saturated carbocycles. The van der Waals surface area contributed by atoms with Gasteiger partial charge in [0.2, 0.25) is 10.0 Å². The van der Waals surface area contributed by atoms with E-state index >= 15 is 0 Å². The molecule has 21 heavy (non-hydrogen) atoms. The third-order valence-electron chi connectivity index (χ3n) is 5.06. The maximum absolute atomic E-state index is 12.1. The smallest absolute Gasteiger partial charge is 0.214 e. The van der Waals surface area contributed by atoms with Crippen LogP contribution in [0.2, 0.25) is 0 Å². The van der Waals surface area contributed by atoms with Gasteiger partial charge in [0.05, 0.1) is 5.75 Å². The van der Waals surface area contributed by atoms with E-state index in [2.05, 4.69) is 10.2 Å². The molecule has 1 N–H and O–H groups in total. The summed E-state index contributed by atoms with van der Waals surface area (Å²) in [5.41, 5.74) is 0. The lowest BCUT2D eigenvalue weighted by atomic mass is 10.1. The quantitative estimate of drug-likeness (QED) is 0.795. The van der Waals surface area contributed by atoms with E-state index in [1.165, 1.54) is 32.4 Å². The van der Waals surface area contributed by atoms with Crippen molar-refractivity contribution >= 4 is 10.0 Å². The maximum atomic E-state index is 12.1. The molecule has 122 valence electrons. The van der Waals surface area contributed by atoms with Crippen LogP contribution in [0.5, 0.6) is 0 Å². The minimum absolute atomic E-state index is 0.296. The summed E-state index contributed by atoms with van der Waals surface area (Å²) in [5, 5.41) is 3.77. The molecule has 6 heteroatoms. The Morgan fingerprint density at radius 2 is 1.67 bits per heavy atom. The van der Waals surface area contributed by atoms with Gasteiger partial charge in [-0.15, -0.1) is 0 Å². The van der Waals surface area contributed by atoms with E-state index in [-0.39, 0.29) is 0 Å². The van der Waals surface area contributed by atoms with Gasteiger partial charge in [0, 0.05) is 44.3 Å². The average Bonchev–Trinajstić information content (AvgIpc) is 3.20. The Kier molecular flexibility index (Phi) is 4.88. The predicted octanol–water partition coefficient (Wildman–Crippen LogP) is 1.02. The highest BCUT2D eigenvalue weighted by atomic mass is 32.2. The van der Waals surface area contributed by atoms with E-state index in [1.54, 1.807) is 4.31 Å². The first-order valence-corrected chi connectivity index (χ1v) is 10.2. The van der Waals surface area contributed by atoms with Gasteiger partial charge < -0.3 is 5.32 Å². The zero-order valence-electron chi connectivity index (χ0n) is 13.1. The Balaban J connectivity index is 1.41. The monoisotopic (exact) mass is 315 g/mol. The van der Waals surface area contributed by atoms with Crippen molar-refractivity contribution in [2.45, 2.75) is 63.6 Å². The summed E-state index contributed by atoms with van der Waals surface area (Å²) in [6.07, 6.45) is 6.66. The lowest BCUT2D eigenvalue weighted by Crippen LogP contribution is -2.48. The van der Waals surface area contributed by atoms with E-state index in [4.69, 9.17) is 0 Å². The van der Waals surface area contributed by atoms with Crippen molar-refractivity contribution in [2.75, 3.05) is 31.9 Å². The molecule has 0 bridgehead atoms. The van der Waals surface area contributed by atoms with Crippen LogP contribution in [0.25, 0.3) is 0 Å². The Bertz CT molecular complexity index is 442. The minimum atomic E-state index is -3.00. The fourth-order valence-electron chi connectivity index (χ4n) is 3.72. The minimum Gasteiger partial charge on any atom is -0.310 e. The third-order valence-corrected chi connectivity index (χ3v) is 7.14. The largest absolute Gasteiger partial charge is 0.310 e. The Labute approximate surface area is 129 Å². The van der Waals surface area contributed by atoms with Crippen LogP contribution in [-0.2, 0) is 10.0 Å². The Morgan fingerprint density at radius 1 is 1.00 bits per heavy atom. The van der Waals surface area contributed by atoms with Crippen LogP contribution >= 0.6 is 0 Å². The van der Waals surface area contributed by atoms with Gasteiger partial charge in [-0.3, -0.25) is 4.90 Å². The van der Waals surface area contributed by atoms with E-state index in [1.807, 2.05) is 6.92 Å². The molecule has 0 aromatic carbocycles. The van der Waals surface area contributed by atoms with E-state index < -0.39 is 10.0 Å². The fourth-order valence-corrected chi connectivity index (χ4v) is 5.26. The molecule has 2 saturated heterocycles. The second-order valence-electron chi connectivity index (χ2n) is 6.87. The van der Waals surface area contributed by atoms with Crippen molar-refractivity contribution in [3.63, 3.8) is 0 Å². The number of nitrogens with zero attached hydrogens (tertiary/aromatic N) is 2. The molecule has 5 nitrogen and oxygen atoms in total. The molecule has 1 unspecified atom stereocenters. The van der Waals surface area contributed by atoms with E-state index in [9.17, 15) is 8.42 Å². The number of hydrogen-bond donors (Lipinski definition) is 1. The molecule has 3 aliphatic rings. The summed E-state index contributed by atoms with van der Waals surface area (Å²) in [4.78, 5) is 2.62. The maximum Gasteiger partial charge on any atom is 0.214 e. The predicted molar refractivity (Wildman–Crippen MR) is 84.8 cm³/mol. The fraction of sp³-hybridized carbons (Fsp3) is 1.00. The van der Waals surface area contributed by atoms with Gasteiger partial charge in [0.25, 0.3) is 0 Å². The topological polar surface area (TPSA) is 52.7 Å². The van der Waals surface area contributed by atoms with Gasteiger partial charge in [0.1, 0.15) is 0 Å². The summed E-state index contributed by atoms with van der Waals surface area (Å²) in [7, 11) is -3.00. The zero-order valence-corrected chi connectivity index (χ0v) is 13.9. The number of piperidine rings is 1.